The second kappa shape index (κ2) is 3.77. The molecule has 1 aromatic rings. The fourth-order valence-electron chi connectivity index (χ4n) is 1.03. The maximum absolute atomic E-state index is 11.5. The van der Waals surface area contributed by atoms with Crippen molar-refractivity contribution in [3.8, 4) is 0 Å². The van der Waals surface area contributed by atoms with E-state index in [2.05, 4.69) is 21.2 Å². The topological polar surface area (TPSA) is 38.3 Å². The average molecular weight is 262 g/mol. The second-order valence-electron chi connectivity index (χ2n) is 2.81. The van der Waals surface area contributed by atoms with Crippen molar-refractivity contribution in [1.29, 1.82) is 0 Å². The lowest BCUT2D eigenvalue weighted by atomic mass is 10.2. The maximum atomic E-state index is 11.5. The number of hydrogen-bond acceptors (Lipinski definition) is 3. The molecule has 0 radical (unpaired) electrons. The van der Waals surface area contributed by atoms with Gasteiger partial charge in [-0.1, -0.05) is 0 Å². The van der Waals surface area contributed by atoms with Crippen LogP contribution in [-0.2, 0) is 4.74 Å². The Labute approximate surface area is 88.2 Å². The van der Waals surface area contributed by atoms with E-state index in [9.17, 15) is 4.79 Å². The molecule has 3 nitrogen and oxygen atoms in total. The van der Waals surface area contributed by atoms with Crippen LogP contribution in [0.4, 0.5) is 0 Å². The molecule has 1 aromatic heterocycles. The van der Waals surface area contributed by atoms with Crippen molar-refractivity contribution in [1.82, 2.24) is 5.32 Å². The molecule has 1 aliphatic rings. The lowest BCUT2D eigenvalue weighted by Crippen LogP contribution is -2.48. The molecule has 1 saturated heterocycles. The van der Waals surface area contributed by atoms with E-state index in [1.165, 1.54) is 11.3 Å². The molecule has 0 spiro atoms. The zero-order valence-electron chi connectivity index (χ0n) is 6.75. The van der Waals surface area contributed by atoms with E-state index in [0.717, 1.165) is 9.35 Å². The third-order valence-electron chi connectivity index (χ3n) is 1.80. The van der Waals surface area contributed by atoms with Gasteiger partial charge in [0.2, 0.25) is 0 Å². The van der Waals surface area contributed by atoms with E-state index >= 15 is 0 Å². The normalized spacial score (nSPS) is 16.7. The lowest BCUT2D eigenvalue weighted by Gasteiger charge is -2.26. The predicted octanol–water partition coefficient (Wildman–Crippen LogP) is 1.64. The van der Waals surface area contributed by atoms with Crippen molar-refractivity contribution >= 4 is 33.2 Å². The molecule has 5 heteroatoms. The number of ether oxygens (including phenoxy) is 1. The summed E-state index contributed by atoms with van der Waals surface area (Å²) >= 11 is 4.75. The molecule has 2 heterocycles. The molecule has 0 bridgehead atoms. The van der Waals surface area contributed by atoms with Crippen molar-refractivity contribution in [2.45, 2.75) is 6.04 Å². The molecular formula is C8H8BrNO2S. The zero-order chi connectivity index (χ0) is 9.26. The van der Waals surface area contributed by atoms with E-state index in [-0.39, 0.29) is 11.9 Å². The fraction of sp³-hybridized carbons (Fsp3) is 0.375. The van der Waals surface area contributed by atoms with Crippen LogP contribution in [0, 0.1) is 0 Å². The number of rotatable bonds is 2. The third-order valence-corrected chi connectivity index (χ3v) is 3.63. The van der Waals surface area contributed by atoms with Gasteiger partial charge >= 0.3 is 0 Å². The van der Waals surface area contributed by atoms with Crippen LogP contribution in [0.15, 0.2) is 15.9 Å². The van der Waals surface area contributed by atoms with Gasteiger partial charge in [-0.3, -0.25) is 4.79 Å². The first-order valence-corrected chi connectivity index (χ1v) is 5.56. The Balaban J connectivity index is 2.00. The van der Waals surface area contributed by atoms with E-state index < -0.39 is 0 Å². The minimum atomic E-state index is -0.0184. The lowest BCUT2D eigenvalue weighted by molar-refractivity contribution is -0.00340. The van der Waals surface area contributed by atoms with Crippen molar-refractivity contribution in [3.63, 3.8) is 0 Å². The van der Waals surface area contributed by atoms with Crippen molar-refractivity contribution in [2.24, 2.45) is 0 Å². The van der Waals surface area contributed by atoms with E-state index in [0.29, 0.717) is 13.2 Å². The Morgan fingerprint density at radius 3 is 2.92 bits per heavy atom. The Kier molecular flexibility index (Phi) is 2.66. The van der Waals surface area contributed by atoms with Crippen LogP contribution in [0.25, 0.3) is 0 Å². The molecule has 1 fully saturated rings. The molecule has 13 heavy (non-hydrogen) atoms. The summed E-state index contributed by atoms with van der Waals surface area (Å²) in [4.78, 5) is 12.3. The van der Waals surface area contributed by atoms with Gasteiger partial charge in [0, 0.05) is 4.47 Å². The Morgan fingerprint density at radius 2 is 2.46 bits per heavy atom. The van der Waals surface area contributed by atoms with Crippen molar-refractivity contribution in [3.05, 3.63) is 20.8 Å². The summed E-state index contributed by atoms with van der Waals surface area (Å²) in [7, 11) is 0. The van der Waals surface area contributed by atoms with E-state index in [4.69, 9.17) is 4.74 Å². The molecule has 0 atom stereocenters. The highest BCUT2D eigenvalue weighted by molar-refractivity contribution is 9.10. The molecule has 0 unspecified atom stereocenters. The summed E-state index contributed by atoms with van der Waals surface area (Å²) in [6.07, 6.45) is 0. The number of halogens is 1. The molecule has 1 amide bonds. The van der Waals surface area contributed by atoms with E-state index in [1.807, 2.05) is 11.4 Å². The number of amides is 1. The highest BCUT2D eigenvalue weighted by Gasteiger charge is 2.22. The SMILES string of the molecule is O=C(NC1COC1)c1sccc1Br. The van der Waals surface area contributed by atoms with Crippen LogP contribution in [0.5, 0.6) is 0 Å². The van der Waals surface area contributed by atoms with Crippen molar-refractivity contribution in [2.75, 3.05) is 13.2 Å². The van der Waals surface area contributed by atoms with Gasteiger partial charge in [0.05, 0.1) is 19.3 Å². The maximum Gasteiger partial charge on any atom is 0.262 e. The summed E-state index contributed by atoms with van der Waals surface area (Å²) in [5, 5.41) is 4.76. The van der Waals surface area contributed by atoms with Crippen LogP contribution >= 0.6 is 27.3 Å². The minimum Gasteiger partial charge on any atom is -0.377 e. The summed E-state index contributed by atoms with van der Waals surface area (Å²) in [5.41, 5.74) is 0. The fourth-order valence-corrected chi connectivity index (χ4v) is 2.48. The van der Waals surface area contributed by atoms with Crippen LogP contribution < -0.4 is 5.32 Å². The molecule has 0 saturated carbocycles. The van der Waals surface area contributed by atoms with Gasteiger partial charge in [-0.05, 0) is 27.4 Å². The monoisotopic (exact) mass is 261 g/mol. The van der Waals surface area contributed by atoms with Crippen LogP contribution in [0.3, 0.4) is 0 Å². The standard InChI is InChI=1S/C8H8BrNO2S/c9-6-1-2-13-7(6)8(11)10-5-3-12-4-5/h1-2,5H,3-4H2,(H,10,11). The Bertz CT molecular complexity index is 322. The number of nitrogens with one attached hydrogen (secondary N) is 1. The summed E-state index contributed by atoms with van der Waals surface area (Å²) in [6.45, 7) is 1.27. The highest BCUT2D eigenvalue weighted by Crippen LogP contribution is 2.22. The zero-order valence-corrected chi connectivity index (χ0v) is 9.15. The molecular weight excluding hydrogens is 254 g/mol. The Morgan fingerprint density at radius 1 is 1.69 bits per heavy atom. The smallest absolute Gasteiger partial charge is 0.262 e. The number of hydrogen-bond donors (Lipinski definition) is 1. The van der Waals surface area contributed by atoms with E-state index in [1.54, 1.807) is 0 Å². The molecule has 1 aliphatic heterocycles. The third kappa shape index (κ3) is 1.92. The first kappa shape index (κ1) is 9.18. The average Bonchev–Trinajstić information content (AvgIpc) is 2.43. The van der Waals surface area contributed by atoms with Gasteiger partial charge in [0.25, 0.3) is 5.91 Å². The van der Waals surface area contributed by atoms with Gasteiger partial charge in [0.1, 0.15) is 4.88 Å². The molecule has 0 aliphatic carbocycles. The summed E-state index contributed by atoms with van der Waals surface area (Å²) in [6, 6.07) is 2.07. The first-order chi connectivity index (χ1) is 6.27. The largest absolute Gasteiger partial charge is 0.377 e. The van der Waals surface area contributed by atoms with Gasteiger partial charge in [-0.2, -0.15) is 0 Å². The van der Waals surface area contributed by atoms with Crippen LogP contribution in [0.2, 0.25) is 0 Å². The number of carbonyl (C=O) groups excluding carboxylic acids is 1. The van der Waals surface area contributed by atoms with Gasteiger partial charge in [-0.15, -0.1) is 11.3 Å². The van der Waals surface area contributed by atoms with Gasteiger partial charge in [-0.25, -0.2) is 0 Å². The highest BCUT2D eigenvalue weighted by atomic mass is 79.9. The molecule has 0 aromatic carbocycles. The molecule has 70 valence electrons. The summed E-state index contributed by atoms with van der Waals surface area (Å²) in [5.74, 6) is -0.0184. The Hall–Kier alpha value is -0.390. The van der Waals surface area contributed by atoms with Crippen LogP contribution in [0.1, 0.15) is 9.67 Å². The number of thiophene rings is 1. The molecule has 1 N–H and O–H groups in total. The summed E-state index contributed by atoms with van der Waals surface area (Å²) < 4.78 is 5.82. The molecule has 2 rings (SSSR count). The van der Waals surface area contributed by atoms with Gasteiger partial charge < -0.3 is 10.1 Å². The first-order valence-electron chi connectivity index (χ1n) is 3.89. The second-order valence-corrected chi connectivity index (χ2v) is 4.58. The predicted molar refractivity (Wildman–Crippen MR) is 54.1 cm³/mol. The number of carbonyl (C=O) groups is 1. The minimum absolute atomic E-state index is 0.0184. The quantitative estimate of drug-likeness (QED) is 0.879. The van der Waals surface area contributed by atoms with Crippen LogP contribution in [-0.4, -0.2) is 25.2 Å². The van der Waals surface area contributed by atoms with Crippen molar-refractivity contribution < 1.29 is 9.53 Å². The van der Waals surface area contributed by atoms with Gasteiger partial charge in [0.15, 0.2) is 0 Å².